The van der Waals surface area contributed by atoms with Crippen molar-refractivity contribution in [2.75, 3.05) is 14.2 Å². The smallest absolute Gasteiger partial charge is 0.131 e. The minimum atomic E-state index is 0.847. The fraction of sp³-hybridized carbons (Fsp3) is 0.529. The number of hydrogen-bond donors (Lipinski definition) is 0. The van der Waals surface area contributed by atoms with E-state index in [0.717, 1.165) is 23.4 Å². The molecular formula is C17H25NO2. The van der Waals surface area contributed by atoms with Crippen LogP contribution in [0.4, 0.5) is 0 Å². The lowest BCUT2D eigenvalue weighted by molar-refractivity contribution is 0.397. The lowest BCUT2D eigenvalue weighted by Gasteiger charge is -2.09. The van der Waals surface area contributed by atoms with Crippen LogP contribution in [-0.2, 0) is 6.54 Å². The molecule has 0 aliphatic heterocycles. The van der Waals surface area contributed by atoms with Gasteiger partial charge in [0.2, 0.25) is 0 Å². The number of methoxy groups -OCH3 is 2. The number of benzene rings is 1. The number of aryl methyl sites for hydroxylation is 1. The van der Waals surface area contributed by atoms with Gasteiger partial charge in [0.15, 0.2) is 0 Å². The molecule has 3 heteroatoms. The molecule has 0 fully saturated rings. The molecule has 0 bridgehead atoms. The number of fused-ring (bicyclic) bond motifs is 1. The summed E-state index contributed by atoms with van der Waals surface area (Å²) in [6.45, 7) is 3.31. The lowest BCUT2D eigenvalue weighted by Crippen LogP contribution is -1.97. The van der Waals surface area contributed by atoms with Crippen molar-refractivity contribution in [2.24, 2.45) is 0 Å². The van der Waals surface area contributed by atoms with Crippen molar-refractivity contribution in [1.82, 2.24) is 4.57 Å². The molecule has 1 heterocycles. The van der Waals surface area contributed by atoms with E-state index in [0.29, 0.717) is 0 Å². The van der Waals surface area contributed by atoms with Crippen LogP contribution in [0.1, 0.15) is 39.0 Å². The minimum Gasteiger partial charge on any atom is -0.497 e. The number of ether oxygens (including phenoxy) is 2. The Bertz CT molecular complexity index is 545. The lowest BCUT2D eigenvalue weighted by atomic mass is 10.1. The molecule has 1 aromatic carbocycles. The van der Waals surface area contributed by atoms with E-state index in [-0.39, 0.29) is 0 Å². The monoisotopic (exact) mass is 275 g/mol. The Morgan fingerprint density at radius 3 is 2.50 bits per heavy atom. The minimum absolute atomic E-state index is 0.847. The molecule has 2 rings (SSSR count). The highest BCUT2D eigenvalue weighted by atomic mass is 16.5. The van der Waals surface area contributed by atoms with Gasteiger partial charge in [-0.2, -0.15) is 0 Å². The first kappa shape index (κ1) is 14.8. The molecule has 110 valence electrons. The number of rotatable bonds is 8. The summed E-state index contributed by atoms with van der Waals surface area (Å²) in [4.78, 5) is 0. The molecule has 0 aliphatic rings. The van der Waals surface area contributed by atoms with E-state index in [1.54, 1.807) is 14.2 Å². The van der Waals surface area contributed by atoms with Crippen LogP contribution in [0.5, 0.6) is 11.5 Å². The third kappa shape index (κ3) is 3.27. The maximum absolute atomic E-state index is 5.45. The highest BCUT2D eigenvalue weighted by molar-refractivity contribution is 5.88. The van der Waals surface area contributed by atoms with Gasteiger partial charge in [0.25, 0.3) is 0 Å². The summed E-state index contributed by atoms with van der Waals surface area (Å²) in [5.41, 5.74) is 1.19. The van der Waals surface area contributed by atoms with Crippen LogP contribution >= 0.6 is 0 Å². The van der Waals surface area contributed by atoms with Gasteiger partial charge in [-0.05, 0) is 12.5 Å². The van der Waals surface area contributed by atoms with E-state index in [2.05, 4.69) is 29.8 Å². The zero-order valence-corrected chi connectivity index (χ0v) is 12.8. The molecule has 3 nitrogen and oxygen atoms in total. The zero-order chi connectivity index (χ0) is 14.4. The van der Waals surface area contributed by atoms with Gasteiger partial charge in [0.05, 0.1) is 19.7 Å². The van der Waals surface area contributed by atoms with Gasteiger partial charge in [-0.15, -0.1) is 0 Å². The normalized spacial score (nSPS) is 10.9. The number of unbranched alkanes of at least 4 members (excludes halogenated alkanes) is 4. The van der Waals surface area contributed by atoms with Gasteiger partial charge in [0, 0.05) is 30.3 Å². The quantitative estimate of drug-likeness (QED) is 0.656. The number of aromatic nitrogens is 1. The van der Waals surface area contributed by atoms with Crippen LogP contribution in [0, 0.1) is 0 Å². The van der Waals surface area contributed by atoms with E-state index in [4.69, 9.17) is 9.47 Å². The third-order valence-electron chi connectivity index (χ3n) is 3.78. The summed E-state index contributed by atoms with van der Waals surface area (Å²) in [6.07, 6.45) is 8.64. The zero-order valence-electron chi connectivity index (χ0n) is 12.8. The Hall–Kier alpha value is -1.64. The summed E-state index contributed by atoms with van der Waals surface area (Å²) in [6, 6.07) is 6.15. The summed E-state index contributed by atoms with van der Waals surface area (Å²) < 4.78 is 13.1. The Morgan fingerprint density at radius 2 is 1.80 bits per heavy atom. The average Bonchev–Trinajstić information content (AvgIpc) is 2.89. The fourth-order valence-corrected chi connectivity index (χ4v) is 2.60. The van der Waals surface area contributed by atoms with Crippen LogP contribution < -0.4 is 9.47 Å². The third-order valence-corrected chi connectivity index (χ3v) is 3.78. The van der Waals surface area contributed by atoms with Crippen LogP contribution in [0.15, 0.2) is 24.4 Å². The van der Waals surface area contributed by atoms with Crippen LogP contribution in [-0.4, -0.2) is 18.8 Å². The molecule has 0 atom stereocenters. The molecule has 0 radical (unpaired) electrons. The van der Waals surface area contributed by atoms with E-state index in [1.807, 2.05) is 6.07 Å². The Morgan fingerprint density at radius 1 is 1.00 bits per heavy atom. The van der Waals surface area contributed by atoms with Crippen LogP contribution in [0.25, 0.3) is 10.9 Å². The predicted molar refractivity (Wildman–Crippen MR) is 83.8 cm³/mol. The second-order valence-electron chi connectivity index (χ2n) is 5.19. The predicted octanol–water partition coefficient (Wildman–Crippen LogP) is 4.63. The van der Waals surface area contributed by atoms with Crippen molar-refractivity contribution in [1.29, 1.82) is 0 Å². The first-order valence-corrected chi connectivity index (χ1v) is 7.51. The highest BCUT2D eigenvalue weighted by Gasteiger charge is 2.09. The Kier molecular flexibility index (Phi) is 5.33. The largest absolute Gasteiger partial charge is 0.497 e. The summed E-state index contributed by atoms with van der Waals surface area (Å²) in [7, 11) is 3.40. The highest BCUT2D eigenvalue weighted by Crippen LogP contribution is 2.32. The van der Waals surface area contributed by atoms with Gasteiger partial charge < -0.3 is 14.0 Å². The molecular weight excluding hydrogens is 250 g/mol. The average molecular weight is 275 g/mol. The van der Waals surface area contributed by atoms with Crippen molar-refractivity contribution in [3.8, 4) is 11.5 Å². The number of hydrogen-bond acceptors (Lipinski definition) is 2. The first-order valence-electron chi connectivity index (χ1n) is 7.51. The van der Waals surface area contributed by atoms with Gasteiger partial charge in [-0.3, -0.25) is 0 Å². The van der Waals surface area contributed by atoms with E-state index in [9.17, 15) is 0 Å². The van der Waals surface area contributed by atoms with Crippen molar-refractivity contribution < 1.29 is 9.47 Å². The molecule has 0 saturated carbocycles. The van der Waals surface area contributed by atoms with Gasteiger partial charge in [-0.1, -0.05) is 32.6 Å². The fourth-order valence-electron chi connectivity index (χ4n) is 2.60. The second kappa shape index (κ2) is 7.22. The topological polar surface area (TPSA) is 23.4 Å². The SMILES string of the molecule is CCCCCCCn1ccc2c(OC)cc(OC)cc21. The Labute approximate surface area is 121 Å². The maximum atomic E-state index is 5.45. The van der Waals surface area contributed by atoms with Crippen molar-refractivity contribution in [3.63, 3.8) is 0 Å². The molecule has 0 aliphatic carbocycles. The summed E-state index contributed by atoms with van der Waals surface area (Å²) >= 11 is 0. The molecule has 0 saturated heterocycles. The van der Waals surface area contributed by atoms with Gasteiger partial charge >= 0.3 is 0 Å². The maximum Gasteiger partial charge on any atom is 0.131 e. The van der Waals surface area contributed by atoms with E-state index >= 15 is 0 Å². The van der Waals surface area contributed by atoms with E-state index in [1.165, 1.54) is 37.6 Å². The van der Waals surface area contributed by atoms with Crippen molar-refractivity contribution in [2.45, 2.75) is 45.6 Å². The molecule has 1 aromatic heterocycles. The molecule has 0 spiro atoms. The van der Waals surface area contributed by atoms with Crippen molar-refractivity contribution >= 4 is 10.9 Å². The summed E-state index contributed by atoms with van der Waals surface area (Å²) in [5.74, 6) is 1.73. The molecule has 0 unspecified atom stereocenters. The number of nitrogens with zero attached hydrogens (tertiary/aromatic N) is 1. The first-order chi connectivity index (χ1) is 9.80. The van der Waals surface area contributed by atoms with Crippen LogP contribution in [0.2, 0.25) is 0 Å². The van der Waals surface area contributed by atoms with Crippen LogP contribution in [0.3, 0.4) is 0 Å². The molecule has 0 N–H and O–H groups in total. The second-order valence-corrected chi connectivity index (χ2v) is 5.19. The Balaban J connectivity index is 2.13. The standard InChI is InChI=1S/C17H25NO2/c1-4-5-6-7-8-10-18-11-9-15-16(18)12-14(19-2)13-17(15)20-3/h9,11-13H,4-8,10H2,1-3H3. The van der Waals surface area contributed by atoms with Gasteiger partial charge in [-0.25, -0.2) is 0 Å². The van der Waals surface area contributed by atoms with Gasteiger partial charge in [0.1, 0.15) is 11.5 Å². The van der Waals surface area contributed by atoms with Crippen molar-refractivity contribution in [3.05, 3.63) is 24.4 Å². The molecule has 2 aromatic rings. The molecule has 0 amide bonds. The molecule has 20 heavy (non-hydrogen) atoms. The summed E-state index contributed by atoms with van der Waals surface area (Å²) in [5, 5.41) is 1.15. The van der Waals surface area contributed by atoms with E-state index < -0.39 is 0 Å².